The summed E-state index contributed by atoms with van der Waals surface area (Å²) in [6.07, 6.45) is 4.58. The Morgan fingerprint density at radius 2 is 1.84 bits per heavy atom. The van der Waals surface area contributed by atoms with Crippen LogP contribution in [0, 0.1) is 5.41 Å². The third kappa shape index (κ3) is 3.99. The Bertz CT molecular complexity index is 1570. The van der Waals surface area contributed by atoms with Crippen molar-refractivity contribution in [2.24, 2.45) is 5.41 Å². The Balaban J connectivity index is 1.15. The van der Waals surface area contributed by atoms with Gasteiger partial charge in [-0.1, -0.05) is 73.7 Å². The predicted octanol–water partition coefficient (Wildman–Crippen LogP) is 7.73. The maximum absolute atomic E-state index is 16.0. The number of hydrogen-bond donors (Lipinski definition) is 1. The Kier molecular flexibility index (Phi) is 5.54. The fraction of sp³-hybridized carbons (Fsp3) is 0.267. The van der Waals surface area contributed by atoms with Crippen molar-refractivity contribution in [3.63, 3.8) is 0 Å². The minimum atomic E-state index is -1.67. The molecule has 2 aliphatic carbocycles. The topological polar surface area (TPSA) is 58.2 Å². The second kappa shape index (κ2) is 8.75. The second-order valence-corrected chi connectivity index (χ2v) is 12.4. The number of nitrogens with one attached hydrogen (secondary N) is 1. The van der Waals surface area contributed by atoms with Crippen LogP contribution < -0.4 is 0 Å². The summed E-state index contributed by atoms with van der Waals surface area (Å²) in [6.45, 7) is 0.929. The molecule has 192 valence electrons. The number of imidazole rings is 1. The number of carbonyl (C=O) groups excluding carboxylic acids is 1. The van der Waals surface area contributed by atoms with Crippen LogP contribution in [-0.4, -0.2) is 27.5 Å². The largest absolute Gasteiger partial charge is 0.445 e. The molecule has 1 N–H and O–H groups in total. The summed E-state index contributed by atoms with van der Waals surface area (Å²) in [5.74, 6) is 0.741. The number of halogens is 2. The quantitative estimate of drug-likeness (QED) is 0.248. The number of ether oxygens (including phenoxy) is 1. The van der Waals surface area contributed by atoms with Crippen molar-refractivity contribution in [2.45, 2.75) is 37.3 Å². The first-order valence-corrected chi connectivity index (χ1v) is 14.2. The highest BCUT2D eigenvalue weighted by atomic mass is 79.9. The second-order valence-electron chi connectivity index (χ2n) is 10.7. The number of aromatic amines is 1. The average Bonchev–Trinajstić information content (AvgIpc) is 3.24. The number of benzene rings is 3. The first-order chi connectivity index (χ1) is 18.3. The van der Waals surface area contributed by atoms with Gasteiger partial charge in [-0.2, -0.15) is 0 Å². The van der Waals surface area contributed by atoms with Crippen molar-refractivity contribution in [1.29, 1.82) is 0 Å². The van der Waals surface area contributed by atoms with E-state index in [1.807, 2.05) is 71.6 Å². The molecule has 38 heavy (non-hydrogen) atoms. The fourth-order valence-electron chi connectivity index (χ4n) is 5.93. The molecule has 1 spiro atoms. The van der Waals surface area contributed by atoms with Gasteiger partial charge in [0.1, 0.15) is 12.4 Å². The van der Waals surface area contributed by atoms with Crippen LogP contribution in [-0.2, 0) is 16.8 Å². The zero-order valence-electron chi connectivity index (χ0n) is 20.6. The van der Waals surface area contributed by atoms with E-state index >= 15 is 4.39 Å². The molecule has 2 unspecified atom stereocenters. The highest BCUT2D eigenvalue weighted by Gasteiger charge is 2.54. The molecule has 0 bridgehead atoms. The Morgan fingerprint density at radius 3 is 2.61 bits per heavy atom. The van der Waals surface area contributed by atoms with E-state index in [1.165, 1.54) is 0 Å². The van der Waals surface area contributed by atoms with E-state index in [9.17, 15) is 4.79 Å². The first kappa shape index (κ1) is 24.1. The number of aromatic nitrogens is 2. The SMILES string of the molecule is O=C(OCc1ccccc1)N1CC2(CC2)C[C@H]1c1ncc(-c2ccc3c(c2)C(F)(P)c2cc(Br)ccc2-3)[nH]1. The van der Waals surface area contributed by atoms with Crippen molar-refractivity contribution in [3.8, 4) is 22.4 Å². The fourth-order valence-corrected chi connectivity index (χ4v) is 6.77. The van der Waals surface area contributed by atoms with Crippen LogP contribution in [0.15, 0.2) is 77.4 Å². The molecule has 0 radical (unpaired) electrons. The molecule has 2 heterocycles. The number of carbonyl (C=O) groups is 1. The third-order valence-corrected chi connectivity index (χ3v) is 9.32. The summed E-state index contributed by atoms with van der Waals surface area (Å²) in [5.41, 5.74) is 5.85. The van der Waals surface area contributed by atoms with E-state index in [0.717, 1.165) is 57.5 Å². The molecule has 3 aromatic carbocycles. The lowest BCUT2D eigenvalue weighted by molar-refractivity contribution is 0.0899. The molecule has 3 atom stereocenters. The van der Waals surface area contributed by atoms with Crippen molar-refractivity contribution >= 4 is 31.3 Å². The highest BCUT2D eigenvalue weighted by Crippen LogP contribution is 2.58. The standard InChI is InChI=1S/C30H26BrFN3O2P/c31-20-7-9-22-21-8-6-19(12-23(21)30(32,38)24(22)13-20)25-15-33-27(34-25)26-14-29(10-11-29)17-35(26)28(36)37-16-18-4-2-1-3-5-18/h1-9,12-13,15,26H,10-11,14,16-17,38H2,(H,33,34)/t26-,30?/m0/s1. The third-order valence-electron chi connectivity index (χ3n) is 8.20. The van der Waals surface area contributed by atoms with Crippen LogP contribution in [0.4, 0.5) is 9.18 Å². The molecule has 5 nitrogen and oxygen atoms in total. The zero-order valence-corrected chi connectivity index (χ0v) is 23.3. The summed E-state index contributed by atoms with van der Waals surface area (Å²) in [5, 5.41) is -1.67. The molecule has 1 saturated heterocycles. The molecule has 1 aliphatic heterocycles. The predicted molar refractivity (Wildman–Crippen MR) is 151 cm³/mol. The van der Waals surface area contributed by atoms with Crippen molar-refractivity contribution < 1.29 is 13.9 Å². The Hall–Kier alpha value is -3.02. The number of alkyl halides is 1. The molecule has 3 aliphatic rings. The normalized spacial score (nSPS) is 22.4. The van der Waals surface area contributed by atoms with Crippen LogP contribution in [0.2, 0.25) is 0 Å². The van der Waals surface area contributed by atoms with Crippen LogP contribution in [0.3, 0.4) is 0 Å². The van der Waals surface area contributed by atoms with E-state index in [4.69, 9.17) is 4.74 Å². The van der Waals surface area contributed by atoms with Crippen LogP contribution in [0.1, 0.15) is 47.8 Å². The van der Waals surface area contributed by atoms with Crippen molar-refractivity contribution in [1.82, 2.24) is 14.9 Å². The van der Waals surface area contributed by atoms with E-state index in [-0.39, 0.29) is 24.2 Å². The van der Waals surface area contributed by atoms with E-state index < -0.39 is 5.41 Å². The van der Waals surface area contributed by atoms with Gasteiger partial charge in [-0.15, -0.1) is 0 Å². The van der Waals surface area contributed by atoms with E-state index in [1.54, 1.807) is 6.20 Å². The molecule has 2 fully saturated rings. The lowest BCUT2D eigenvalue weighted by Gasteiger charge is -2.22. The molecule has 4 aromatic rings. The molecular formula is C30H26BrFN3O2P. The van der Waals surface area contributed by atoms with Gasteiger partial charge in [-0.25, -0.2) is 14.2 Å². The van der Waals surface area contributed by atoms with Gasteiger partial charge in [0.25, 0.3) is 0 Å². The summed E-state index contributed by atoms with van der Waals surface area (Å²) < 4.78 is 22.5. The average molecular weight is 590 g/mol. The Morgan fingerprint density at radius 1 is 1.11 bits per heavy atom. The van der Waals surface area contributed by atoms with Crippen molar-refractivity contribution in [2.75, 3.05) is 6.54 Å². The molecular weight excluding hydrogens is 564 g/mol. The van der Waals surface area contributed by atoms with Crippen LogP contribution >= 0.6 is 25.2 Å². The van der Waals surface area contributed by atoms with Gasteiger partial charge in [0.05, 0.1) is 17.9 Å². The number of amides is 1. The first-order valence-electron chi connectivity index (χ1n) is 12.8. The summed E-state index contributed by atoms with van der Waals surface area (Å²) in [4.78, 5) is 23.1. The number of rotatable bonds is 4. The smallest absolute Gasteiger partial charge is 0.410 e. The summed E-state index contributed by atoms with van der Waals surface area (Å²) in [7, 11) is 2.39. The monoisotopic (exact) mass is 589 g/mol. The van der Waals surface area contributed by atoms with Crippen LogP contribution in [0.25, 0.3) is 22.4 Å². The van der Waals surface area contributed by atoms with Gasteiger partial charge < -0.3 is 9.72 Å². The van der Waals surface area contributed by atoms with E-state index in [2.05, 4.69) is 35.1 Å². The number of likely N-dealkylation sites (tertiary alicyclic amines) is 1. The molecule has 1 amide bonds. The maximum Gasteiger partial charge on any atom is 0.410 e. The number of hydrogen-bond acceptors (Lipinski definition) is 3. The maximum atomic E-state index is 16.0. The lowest BCUT2D eigenvalue weighted by Crippen LogP contribution is -2.32. The van der Waals surface area contributed by atoms with Gasteiger partial charge in [0.2, 0.25) is 0 Å². The minimum absolute atomic E-state index is 0.171. The summed E-state index contributed by atoms with van der Waals surface area (Å²) >= 11 is 3.47. The lowest BCUT2D eigenvalue weighted by atomic mass is 10.0. The summed E-state index contributed by atoms with van der Waals surface area (Å²) in [6, 6.07) is 21.2. The zero-order chi connectivity index (χ0) is 26.1. The van der Waals surface area contributed by atoms with Gasteiger partial charge in [0.15, 0.2) is 5.41 Å². The minimum Gasteiger partial charge on any atom is -0.445 e. The van der Waals surface area contributed by atoms with E-state index in [0.29, 0.717) is 17.7 Å². The van der Waals surface area contributed by atoms with Gasteiger partial charge >= 0.3 is 6.09 Å². The highest BCUT2D eigenvalue weighted by molar-refractivity contribution is 9.10. The molecule has 1 saturated carbocycles. The van der Waals surface area contributed by atoms with Gasteiger partial charge in [-0.05, 0) is 59.6 Å². The molecule has 1 aromatic heterocycles. The molecule has 8 heteroatoms. The van der Waals surface area contributed by atoms with Crippen LogP contribution in [0.5, 0.6) is 0 Å². The Labute approximate surface area is 231 Å². The van der Waals surface area contributed by atoms with Gasteiger partial charge in [0, 0.05) is 27.7 Å². The number of nitrogens with zero attached hydrogens (tertiary/aromatic N) is 2. The number of H-pyrrole nitrogens is 1. The van der Waals surface area contributed by atoms with Crippen molar-refractivity contribution in [3.05, 3.63) is 99.9 Å². The molecule has 7 rings (SSSR count). The number of fused-ring (bicyclic) bond motifs is 3. The van der Waals surface area contributed by atoms with Gasteiger partial charge in [-0.3, -0.25) is 4.90 Å².